The molecular weight excluding hydrogens is 343 g/mol. The van der Waals surface area contributed by atoms with Crippen LogP contribution < -0.4 is 0 Å². The Morgan fingerprint density at radius 3 is 2.00 bits per heavy atom. The topological polar surface area (TPSA) is 0 Å². The summed E-state index contributed by atoms with van der Waals surface area (Å²) in [6.45, 7) is 0. The number of rotatable bonds is 3. The first-order valence-electron chi connectivity index (χ1n) is 6.39. The van der Waals surface area contributed by atoms with E-state index in [4.69, 9.17) is 34.8 Å². The molecule has 3 aromatic rings. The van der Waals surface area contributed by atoms with Gasteiger partial charge in [0, 0.05) is 5.56 Å². The van der Waals surface area contributed by atoms with Crippen molar-refractivity contribution in [3.63, 3.8) is 0 Å². The highest BCUT2D eigenvalue weighted by Crippen LogP contribution is 2.40. The molecule has 106 valence electrons. The van der Waals surface area contributed by atoms with Gasteiger partial charge in [-0.05, 0) is 22.8 Å². The van der Waals surface area contributed by atoms with Crippen LogP contribution in [-0.2, 0) is 0 Å². The third-order valence-electron chi connectivity index (χ3n) is 3.27. The molecule has 0 radical (unpaired) electrons. The summed E-state index contributed by atoms with van der Waals surface area (Å²) in [6, 6.07) is 20.3. The quantitative estimate of drug-likeness (QED) is 0.442. The Kier molecular flexibility index (Phi) is 4.56. The highest BCUT2D eigenvalue weighted by molar-refractivity contribution is 7.20. The summed E-state index contributed by atoms with van der Waals surface area (Å²) in [4.78, 5) is 0. The van der Waals surface area contributed by atoms with Crippen molar-refractivity contribution in [2.45, 2.75) is 5.38 Å². The van der Waals surface area contributed by atoms with Crippen molar-refractivity contribution >= 4 is 46.1 Å². The van der Waals surface area contributed by atoms with E-state index in [-0.39, 0.29) is 5.38 Å². The molecule has 1 heterocycles. The molecule has 21 heavy (non-hydrogen) atoms. The van der Waals surface area contributed by atoms with E-state index in [9.17, 15) is 0 Å². The fourth-order valence-corrected chi connectivity index (χ4v) is 4.15. The van der Waals surface area contributed by atoms with E-state index < -0.39 is 0 Å². The smallest absolute Gasteiger partial charge is 0.0994 e. The molecule has 0 N–H and O–H groups in total. The Bertz CT molecular complexity index is 732. The Morgan fingerprint density at radius 2 is 1.43 bits per heavy atom. The molecule has 0 fully saturated rings. The van der Waals surface area contributed by atoms with Crippen LogP contribution in [0.2, 0.25) is 8.67 Å². The van der Waals surface area contributed by atoms with Crippen LogP contribution in [0, 0.1) is 0 Å². The third kappa shape index (κ3) is 3.27. The molecule has 1 atom stereocenters. The summed E-state index contributed by atoms with van der Waals surface area (Å²) in [5.41, 5.74) is 4.22. The molecule has 0 aliphatic heterocycles. The van der Waals surface area contributed by atoms with E-state index in [0.717, 1.165) is 16.7 Å². The summed E-state index contributed by atoms with van der Waals surface area (Å²) >= 11 is 20.0. The van der Waals surface area contributed by atoms with Crippen LogP contribution in [0.5, 0.6) is 0 Å². The molecule has 2 aromatic carbocycles. The molecule has 4 heteroatoms. The summed E-state index contributed by atoms with van der Waals surface area (Å²) in [5, 5.41) is -0.286. The van der Waals surface area contributed by atoms with E-state index >= 15 is 0 Å². The Hall–Kier alpha value is -0.990. The predicted molar refractivity (Wildman–Crippen MR) is 93.9 cm³/mol. The van der Waals surface area contributed by atoms with Gasteiger partial charge < -0.3 is 0 Å². The Morgan fingerprint density at radius 1 is 0.810 bits per heavy atom. The maximum atomic E-state index is 6.51. The second kappa shape index (κ2) is 6.41. The van der Waals surface area contributed by atoms with E-state index in [1.165, 1.54) is 16.9 Å². The minimum absolute atomic E-state index is 0.286. The lowest BCUT2D eigenvalue weighted by Crippen LogP contribution is -1.92. The number of alkyl halides is 1. The van der Waals surface area contributed by atoms with Gasteiger partial charge in [0.1, 0.15) is 0 Å². The SMILES string of the molecule is Clc1cc(C(Cl)c2ccc(-c3ccccc3)cc2)c(Cl)s1. The van der Waals surface area contributed by atoms with Crippen LogP contribution in [0.15, 0.2) is 60.7 Å². The number of hydrogen-bond donors (Lipinski definition) is 0. The molecule has 0 aliphatic rings. The number of hydrogen-bond acceptors (Lipinski definition) is 1. The molecule has 0 saturated heterocycles. The summed E-state index contributed by atoms with van der Waals surface area (Å²) in [7, 11) is 0. The molecule has 1 unspecified atom stereocenters. The lowest BCUT2D eigenvalue weighted by molar-refractivity contribution is 1.16. The molecule has 0 bridgehead atoms. The molecule has 3 rings (SSSR count). The molecule has 0 nitrogen and oxygen atoms in total. The standard InChI is InChI=1S/C17H11Cl3S/c18-15-10-14(17(20)21-15)16(19)13-8-6-12(7-9-13)11-4-2-1-3-5-11/h1-10,16H. The van der Waals surface area contributed by atoms with Gasteiger partial charge >= 0.3 is 0 Å². The minimum atomic E-state index is -0.286. The summed E-state index contributed by atoms with van der Waals surface area (Å²) in [5.74, 6) is 0. The van der Waals surface area contributed by atoms with Gasteiger partial charge in [0.25, 0.3) is 0 Å². The predicted octanol–water partition coefficient (Wildman–Crippen LogP) is 7.05. The van der Waals surface area contributed by atoms with Crippen molar-refractivity contribution in [2.24, 2.45) is 0 Å². The molecule has 0 spiro atoms. The van der Waals surface area contributed by atoms with Crippen molar-refractivity contribution < 1.29 is 0 Å². The maximum Gasteiger partial charge on any atom is 0.0994 e. The fraction of sp³-hybridized carbons (Fsp3) is 0.0588. The van der Waals surface area contributed by atoms with Crippen LogP contribution in [0.4, 0.5) is 0 Å². The molecule has 0 aliphatic carbocycles. The monoisotopic (exact) mass is 352 g/mol. The fourth-order valence-electron chi connectivity index (χ4n) is 2.18. The average Bonchev–Trinajstić information content (AvgIpc) is 2.86. The van der Waals surface area contributed by atoms with Gasteiger partial charge in [-0.1, -0.05) is 77.8 Å². The van der Waals surface area contributed by atoms with Gasteiger partial charge in [-0.15, -0.1) is 22.9 Å². The lowest BCUT2D eigenvalue weighted by Gasteiger charge is -2.10. The normalized spacial score (nSPS) is 12.3. The van der Waals surface area contributed by atoms with Gasteiger partial charge in [-0.2, -0.15) is 0 Å². The van der Waals surface area contributed by atoms with Crippen molar-refractivity contribution in [3.8, 4) is 11.1 Å². The van der Waals surface area contributed by atoms with Crippen LogP contribution >= 0.6 is 46.1 Å². The van der Waals surface area contributed by atoms with Crippen molar-refractivity contribution in [3.05, 3.63) is 80.5 Å². The Balaban J connectivity index is 1.89. The van der Waals surface area contributed by atoms with Gasteiger partial charge in [0.2, 0.25) is 0 Å². The zero-order chi connectivity index (χ0) is 14.8. The zero-order valence-electron chi connectivity index (χ0n) is 10.9. The van der Waals surface area contributed by atoms with Gasteiger partial charge in [-0.3, -0.25) is 0 Å². The number of halogens is 3. The van der Waals surface area contributed by atoms with Gasteiger partial charge in [0.05, 0.1) is 14.0 Å². The highest BCUT2D eigenvalue weighted by Gasteiger charge is 2.17. The molecule has 1 aromatic heterocycles. The first-order valence-corrected chi connectivity index (χ1v) is 8.40. The second-order valence-electron chi connectivity index (χ2n) is 4.63. The maximum absolute atomic E-state index is 6.51. The minimum Gasteiger partial charge on any atom is -0.113 e. The summed E-state index contributed by atoms with van der Waals surface area (Å²) in [6.07, 6.45) is 0. The van der Waals surface area contributed by atoms with E-state index in [2.05, 4.69) is 24.3 Å². The van der Waals surface area contributed by atoms with Crippen molar-refractivity contribution in [1.29, 1.82) is 0 Å². The first-order chi connectivity index (χ1) is 10.1. The number of thiophene rings is 1. The number of benzene rings is 2. The third-order valence-corrected chi connectivity index (χ3v) is 5.27. The molecule has 0 saturated carbocycles. The van der Waals surface area contributed by atoms with E-state index in [0.29, 0.717) is 8.67 Å². The second-order valence-corrected chi connectivity index (χ2v) is 7.35. The van der Waals surface area contributed by atoms with Crippen LogP contribution in [0.25, 0.3) is 11.1 Å². The highest BCUT2D eigenvalue weighted by atomic mass is 35.5. The van der Waals surface area contributed by atoms with Crippen LogP contribution in [0.1, 0.15) is 16.5 Å². The summed E-state index contributed by atoms with van der Waals surface area (Å²) < 4.78 is 1.30. The van der Waals surface area contributed by atoms with Gasteiger partial charge in [-0.25, -0.2) is 0 Å². The Labute approximate surface area is 142 Å². The van der Waals surface area contributed by atoms with Crippen LogP contribution in [-0.4, -0.2) is 0 Å². The average molecular weight is 354 g/mol. The van der Waals surface area contributed by atoms with Crippen molar-refractivity contribution in [2.75, 3.05) is 0 Å². The largest absolute Gasteiger partial charge is 0.113 e. The van der Waals surface area contributed by atoms with Crippen molar-refractivity contribution in [1.82, 2.24) is 0 Å². The first kappa shape index (κ1) is 14.9. The molecular formula is C17H11Cl3S. The van der Waals surface area contributed by atoms with Gasteiger partial charge in [0.15, 0.2) is 0 Å². The van der Waals surface area contributed by atoms with E-state index in [1.54, 1.807) is 0 Å². The van der Waals surface area contributed by atoms with E-state index in [1.807, 2.05) is 36.4 Å². The zero-order valence-corrected chi connectivity index (χ0v) is 14.0. The molecule has 0 amide bonds. The van der Waals surface area contributed by atoms with Crippen LogP contribution in [0.3, 0.4) is 0 Å². The lowest BCUT2D eigenvalue weighted by atomic mass is 10.0.